The molecule has 0 aliphatic carbocycles. The van der Waals surface area contributed by atoms with Crippen LogP contribution in [-0.2, 0) is 19.7 Å². The third-order valence-corrected chi connectivity index (χ3v) is 5.33. The fraction of sp³-hybridized carbons (Fsp3) is 0.200. The Morgan fingerprint density at radius 2 is 1.85 bits per heavy atom. The second-order valence-corrected chi connectivity index (χ2v) is 7.53. The second kappa shape index (κ2) is 10.8. The number of hydrogen-bond donors (Lipinski definition) is 1. The van der Waals surface area contributed by atoms with Gasteiger partial charge in [0.05, 0.1) is 7.11 Å². The van der Waals surface area contributed by atoms with E-state index in [2.05, 4.69) is 22.8 Å². The summed E-state index contributed by atoms with van der Waals surface area (Å²) in [6.07, 6.45) is 0. The molecule has 0 bridgehead atoms. The lowest BCUT2D eigenvalue weighted by atomic mass is 10.1. The SMILES string of the molecule is COc1cccc(CNCc2cccs2)c1OCc1ccc(Cl)cc1Cl.Cl. The summed E-state index contributed by atoms with van der Waals surface area (Å²) in [5.74, 6) is 1.42. The number of benzene rings is 2. The van der Waals surface area contributed by atoms with E-state index in [4.69, 9.17) is 32.7 Å². The average molecular weight is 445 g/mol. The molecule has 0 saturated carbocycles. The number of nitrogens with one attached hydrogen (secondary N) is 1. The minimum absolute atomic E-state index is 0. The molecule has 0 radical (unpaired) electrons. The predicted molar refractivity (Wildman–Crippen MR) is 116 cm³/mol. The van der Waals surface area contributed by atoms with E-state index in [1.54, 1.807) is 30.6 Å². The number of thiophene rings is 1. The van der Waals surface area contributed by atoms with Crippen LogP contribution < -0.4 is 14.8 Å². The van der Waals surface area contributed by atoms with Crippen molar-refractivity contribution in [2.75, 3.05) is 7.11 Å². The maximum Gasteiger partial charge on any atom is 0.166 e. The van der Waals surface area contributed by atoms with E-state index >= 15 is 0 Å². The van der Waals surface area contributed by atoms with Gasteiger partial charge in [0.15, 0.2) is 11.5 Å². The summed E-state index contributed by atoms with van der Waals surface area (Å²) in [6, 6.07) is 15.4. The summed E-state index contributed by atoms with van der Waals surface area (Å²) in [6.45, 7) is 1.84. The van der Waals surface area contributed by atoms with E-state index in [0.717, 1.165) is 23.4 Å². The first kappa shape index (κ1) is 21.9. The van der Waals surface area contributed by atoms with E-state index in [-0.39, 0.29) is 12.4 Å². The maximum atomic E-state index is 6.24. The molecule has 27 heavy (non-hydrogen) atoms. The smallest absolute Gasteiger partial charge is 0.166 e. The van der Waals surface area contributed by atoms with Crippen molar-refractivity contribution in [1.82, 2.24) is 5.32 Å². The molecule has 0 saturated heterocycles. The summed E-state index contributed by atoms with van der Waals surface area (Å²) in [4.78, 5) is 1.29. The van der Waals surface area contributed by atoms with E-state index < -0.39 is 0 Å². The summed E-state index contributed by atoms with van der Waals surface area (Å²) >= 11 is 13.9. The lowest BCUT2D eigenvalue weighted by molar-refractivity contribution is 0.280. The van der Waals surface area contributed by atoms with Gasteiger partial charge in [-0.25, -0.2) is 0 Å². The minimum atomic E-state index is 0. The van der Waals surface area contributed by atoms with E-state index in [1.165, 1.54) is 4.88 Å². The predicted octanol–water partition coefficient (Wildman–Crippen LogP) is 6.35. The fourth-order valence-corrected chi connectivity index (χ4v) is 3.68. The quantitative estimate of drug-likeness (QED) is 0.439. The van der Waals surface area contributed by atoms with Gasteiger partial charge in [0.1, 0.15) is 6.61 Å². The fourth-order valence-electron chi connectivity index (χ4n) is 2.55. The first-order valence-electron chi connectivity index (χ1n) is 8.13. The van der Waals surface area contributed by atoms with Gasteiger partial charge in [0.2, 0.25) is 0 Å². The Hall–Kier alpha value is -1.43. The molecule has 0 amide bonds. The number of ether oxygens (including phenoxy) is 2. The summed E-state index contributed by atoms with van der Waals surface area (Å²) in [7, 11) is 1.64. The van der Waals surface area contributed by atoms with Crippen molar-refractivity contribution < 1.29 is 9.47 Å². The molecule has 3 nitrogen and oxygen atoms in total. The Morgan fingerprint density at radius 1 is 1.00 bits per heavy atom. The summed E-state index contributed by atoms with van der Waals surface area (Å²) in [5, 5.41) is 6.71. The van der Waals surface area contributed by atoms with Crippen molar-refractivity contribution in [3.63, 3.8) is 0 Å². The van der Waals surface area contributed by atoms with Crippen molar-refractivity contribution in [2.24, 2.45) is 0 Å². The number of hydrogen-bond acceptors (Lipinski definition) is 4. The third-order valence-electron chi connectivity index (χ3n) is 3.86. The normalized spacial score (nSPS) is 10.3. The highest BCUT2D eigenvalue weighted by molar-refractivity contribution is 7.09. The van der Waals surface area contributed by atoms with Crippen LogP contribution in [0.5, 0.6) is 11.5 Å². The van der Waals surface area contributed by atoms with Gasteiger partial charge in [-0.15, -0.1) is 23.7 Å². The molecule has 2 aromatic carbocycles. The Labute approximate surface area is 179 Å². The number of para-hydroxylation sites is 1. The molecule has 0 fully saturated rings. The molecule has 1 heterocycles. The van der Waals surface area contributed by atoms with Gasteiger partial charge < -0.3 is 14.8 Å². The van der Waals surface area contributed by atoms with Crippen molar-refractivity contribution in [1.29, 1.82) is 0 Å². The lowest BCUT2D eigenvalue weighted by Gasteiger charge is -2.16. The highest BCUT2D eigenvalue weighted by Crippen LogP contribution is 2.33. The van der Waals surface area contributed by atoms with Crippen LogP contribution in [0.3, 0.4) is 0 Å². The third kappa shape index (κ3) is 6.03. The highest BCUT2D eigenvalue weighted by Gasteiger charge is 2.12. The molecule has 0 aliphatic rings. The second-order valence-electron chi connectivity index (χ2n) is 5.66. The largest absolute Gasteiger partial charge is 0.493 e. The molecular formula is C20H20Cl3NO2S. The summed E-state index contributed by atoms with van der Waals surface area (Å²) < 4.78 is 11.5. The van der Waals surface area contributed by atoms with Crippen LogP contribution in [-0.4, -0.2) is 7.11 Å². The molecule has 7 heteroatoms. The van der Waals surface area contributed by atoms with Crippen LogP contribution in [0.15, 0.2) is 53.9 Å². The number of halogens is 3. The molecule has 0 aliphatic heterocycles. The molecule has 144 valence electrons. The molecular weight excluding hydrogens is 425 g/mol. The topological polar surface area (TPSA) is 30.5 Å². The van der Waals surface area contributed by atoms with Crippen LogP contribution in [0.2, 0.25) is 10.0 Å². The number of rotatable bonds is 8. The highest BCUT2D eigenvalue weighted by atomic mass is 35.5. The molecule has 3 rings (SSSR count). The van der Waals surface area contributed by atoms with Gasteiger partial charge in [-0.2, -0.15) is 0 Å². The van der Waals surface area contributed by atoms with Crippen molar-refractivity contribution >= 4 is 46.9 Å². The van der Waals surface area contributed by atoms with Gasteiger partial charge in [0, 0.05) is 39.1 Å². The van der Waals surface area contributed by atoms with Crippen LogP contribution in [0.25, 0.3) is 0 Å². The van der Waals surface area contributed by atoms with Gasteiger partial charge in [-0.1, -0.05) is 47.5 Å². The first-order chi connectivity index (χ1) is 12.7. The zero-order valence-corrected chi connectivity index (χ0v) is 17.9. The van der Waals surface area contributed by atoms with E-state index in [1.807, 2.05) is 24.3 Å². The summed E-state index contributed by atoms with van der Waals surface area (Å²) in [5.41, 5.74) is 1.91. The first-order valence-corrected chi connectivity index (χ1v) is 9.76. The molecule has 1 N–H and O–H groups in total. The zero-order chi connectivity index (χ0) is 18.4. The molecule has 0 atom stereocenters. The Bertz CT molecular complexity index is 856. The molecule has 0 unspecified atom stereocenters. The van der Waals surface area contributed by atoms with Crippen molar-refractivity contribution in [3.8, 4) is 11.5 Å². The Balaban J connectivity index is 0.00000261. The molecule has 1 aromatic heterocycles. The van der Waals surface area contributed by atoms with Crippen LogP contribution >= 0.6 is 46.9 Å². The Morgan fingerprint density at radius 3 is 2.56 bits per heavy atom. The van der Waals surface area contributed by atoms with Crippen molar-refractivity contribution in [3.05, 3.63) is 80.0 Å². The van der Waals surface area contributed by atoms with Gasteiger partial charge in [-0.05, 0) is 29.6 Å². The van der Waals surface area contributed by atoms with E-state index in [0.29, 0.717) is 28.9 Å². The monoisotopic (exact) mass is 443 g/mol. The van der Waals surface area contributed by atoms with E-state index in [9.17, 15) is 0 Å². The van der Waals surface area contributed by atoms with Gasteiger partial charge in [0.25, 0.3) is 0 Å². The zero-order valence-electron chi connectivity index (χ0n) is 14.7. The molecule has 0 spiro atoms. The van der Waals surface area contributed by atoms with Crippen LogP contribution in [0.1, 0.15) is 16.0 Å². The van der Waals surface area contributed by atoms with Gasteiger partial charge >= 0.3 is 0 Å². The number of methoxy groups -OCH3 is 1. The average Bonchev–Trinajstić information content (AvgIpc) is 3.15. The Kier molecular flexibility index (Phi) is 8.74. The van der Waals surface area contributed by atoms with Crippen LogP contribution in [0.4, 0.5) is 0 Å². The maximum absolute atomic E-state index is 6.24. The standard InChI is InChI=1S/C20H19Cl2NO2S.ClH/c1-24-19-6-2-4-14(11-23-12-17-5-3-9-26-17)20(19)25-13-15-7-8-16(21)10-18(15)22;/h2-10,23H,11-13H2,1H3;1H. The van der Waals surface area contributed by atoms with Gasteiger partial charge in [-0.3, -0.25) is 0 Å². The lowest BCUT2D eigenvalue weighted by Crippen LogP contribution is -2.13. The van der Waals surface area contributed by atoms with Crippen LogP contribution in [0, 0.1) is 0 Å². The van der Waals surface area contributed by atoms with Crippen molar-refractivity contribution in [2.45, 2.75) is 19.7 Å². The molecule has 3 aromatic rings. The minimum Gasteiger partial charge on any atom is -0.493 e.